The molecule has 0 aromatic heterocycles. The van der Waals surface area contributed by atoms with Gasteiger partial charge >= 0.3 is 5.97 Å². The molecule has 1 aliphatic rings. The summed E-state index contributed by atoms with van der Waals surface area (Å²) in [4.78, 5) is 11.2. The van der Waals surface area contributed by atoms with Gasteiger partial charge in [-0.3, -0.25) is 0 Å². The van der Waals surface area contributed by atoms with Crippen molar-refractivity contribution in [1.82, 2.24) is 5.32 Å². The minimum Gasteiger partial charge on any atom is -0.466 e. The molecule has 1 aliphatic heterocycles. The predicted octanol–water partition coefficient (Wildman–Crippen LogP) is -0.170. The highest BCUT2D eigenvalue weighted by atomic mass is 16.5. The molecule has 1 rings (SSSR count). The Kier molecular flexibility index (Phi) is 3.92. The van der Waals surface area contributed by atoms with Crippen LogP contribution >= 0.6 is 0 Å². The van der Waals surface area contributed by atoms with Crippen LogP contribution in [0.2, 0.25) is 0 Å². The van der Waals surface area contributed by atoms with E-state index in [1.165, 1.54) is 7.11 Å². The number of hydrogen-bond acceptors (Lipinski definition) is 4. The summed E-state index contributed by atoms with van der Waals surface area (Å²) in [6.45, 7) is 0.868. The second-order valence-corrected chi connectivity index (χ2v) is 2.98. The van der Waals surface area contributed by atoms with Crippen molar-refractivity contribution in [1.29, 1.82) is 0 Å². The normalized spacial score (nSPS) is 21.4. The summed E-state index contributed by atoms with van der Waals surface area (Å²) in [5, 5.41) is 11.8. The van der Waals surface area contributed by atoms with E-state index in [2.05, 4.69) is 10.1 Å². The van der Waals surface area contributed by atoms with Crippen LogP contribution in [0, 0.1) is 0 Å². The summed E-state index contributed by atoms with van der Waals surface area (Å²) in [6.07, 6.45) is 3.32. The molecular formula is C9H15NO3. The molecule has 0 spiro atoms. The highest BCUT2D eigenvalue weighted by molar-refractivity contribution is 5.90. The average Bonchev–Trinajstić information content (AvgIpc) is 2.61. The quantitative estimate of drug-likeness (QED) is 0.597. The van der Waals surface area contributed by atoms with Crippen LogP contribution in [0.4, 0.5) is 0 Å². The molecule has 0 unspecified atom stereocenters. The number of methoxy groups -OCH3 is 1. The molecular weight excluding hydrogens is 170 g/mol. The van der Waals surface area contributed by atoms with E-state index >= 15 is 0 Å². The van der Waals surface area contributed by atoms with Crippen molar-refractivity contribution in [2.24, 2.45) is 0 Å². The van der Waals surface area contributed by atoms with Crippen LogP contribution in [0.25, 0.3) is 0 Å². The number of aliphatic hydroxyl groups excluding tert-OH is 1. The zero-order chi connectivity index (χ0) is 9.68. The van der Waals surface area contributed by atoms with Crippen LogP contribution in [0.1, 0.15) is 12.8 Å². The van der Waals surface area contributed by atoms with Gasteiger partial charge in [-0.15, -0.1) is 0 Å². The lowest BCUT2D eigenvalue weighted by Crippen LogP contribution is -2.28. The first-order valence-electron chi connectivity index (χ1n) is 4.42. The van der Waals surface area contributed by atoms with E-state index in [4.69, 9.17) is 5.11 Å². The zero-order valence-corrected chi connectivity index (χ0v) is 7.75. The van der Waals surface area contributed by atoms with E-state index in [9.17, 15) is 4.79 Å². The fourth-order valence-corrected chi connectivity index (χ4v) is 1.46. The van der Waals surface area contributed by atoms with Crippen LogP contribution in [-0.2, 0) is 9.53 Å². The molecule has 0 saturated carbocycles. The number of carbonyl (C=O) groups excluding carboxylic acids is 1. The van der Waals surface area contributed by atoms with E-state index in [1.807, 2.05) is 6.08 Å². The number of esters is 1. The molecule has 4 nitrogen and oxygen atoms in total. The Balaban J connectivity index is 2.47. The number of aliphatic hydroxyl groups is 1. The average molecular weight is 185 g/mol. The Labute approximate surface area is 77.6 Å². The van der Waals surface area contributed by atoms with Gasteiger partial charge in [-0.1, -0.05) is 6.08 Å². The molecule has 1 atom stereocenters. The molecule has 0 aromatic rings. The van der Waals surface area contributed by atoms with Gasteiger partial charge in [0.25, 0.3) is 0 Å². The van der Waals surface area contributed by atoms with Gasteiger partial charge in [0.15, 0.2) is 0 Å². The third kappa shape index (κ3) is 2.54. The molecule has 74 valence electrons. The van der Waals surface area contributed by atoms with Crippen LogP contribution in [0.15, 0.2) is 11.6 Å². The molecule has 0 aromatic carbocycles. The van der Waals surface area contributed by atoms with Gasteiger partial charge < -0.3 is 15.2 Å². The van der Waals surface area contributed by atoms with Gasteiger partial charge in [0, 0.05) is 19.2 Å². The molecule has 0 radical (unpaired) electrons. The smallest absolute Gasteiger partial charge is 0.335 e. The van der Waals surface area contributed by atoms with Crippen LogP contribution in [0.3, 0.4) is 0 Å². The first-order chi connectivity index (χ1) is 6.29. The Bertz CT molecular complexity index is 213. The van der Waals surface area contributed by atoms with Crippen molar-refractivity contribution < 1.29 is 14.6 Å². The number of rotatable bonds is 4. The van der Waals surface area contributed by atoms with Crippen LogP contribution in [-0.4, -0.2) is 37.4 Å². The molecule has 13 heavy (non-hydrogen) atoms. The second kappa shape index (κ2) is 4.99. The molecule has 0 aliphatic carbocycles. The molecule has 1 heterocycles. The van der Waals surface area contributed by atoms with Gasteiger partial charge in [0.05, 0.1) is 12.7 Å². The minimum atomic E-state index is -0.270. The number of carbonyl (C=O) groups is 1. The fraction of sp³-hybridized carbons (Fsp3) is 0.667. The predicted molar refractivity (Wildman–Crippen MR) is 48.2 cm³/mol. The number of hydrogen-bond donors (Lipinski definition) is 2. The lowest BCUT2D eigenvalue weighted by Gasteiger charge is -2.12. The van der Waals surface area contributed by atoms with E-state index in [0.717, 1.165) is 6.42 Å². The van der Waals surface area contributed by atoms with E-state index in [0.29, 0.717) is 18.5 Å². The van der Waals surface area contributed by atoms with E-state index in [1.54, 1.807) is 0 Å². The summed E-state index contributed by atoms with van der Waals surface area (Å²) >= 11 is 0. The summed E-state index contributed by atoms with van der Waals surface area (Å²) in [7, 11) is 1.38. The first-order valence-corrected chi connectivity index (χ1v) is 4.42. The van der Waals surface area contributed by atoms with Gasteiger partial charge in [-0.2, -0.15) is 0 Å². The SMILES string of the molecule is COC(=O)C1=CCN[C@H]1CCCO. The van der Waals surface area contributed by atoms with Crippen molar-refractivity contribution in [2.45, 2.75) is 18.9 Å². The number of nitrogens with one attached hydrogen (secondary N) is 1. The topological polar surface area (TPSA) is 58.6 Å². The number of ether oxygens (including phenoxy) is 1. The third-order valence-corrected chi connectivity index (χ3v) is 2.13. The van der Waals surface area contributed by atoms with Crippen molar-refractivity contribution >= 4 is 5.97 Å². The maximum absolute atomic E-state index is 11.2. The Morgan fingerprint density at radius 1 is 1.85 bits per heavy atom. The molecule has 0 bridgehead atoms. The molecule has 2 N–H and O–H groups in total. The van der Waals surface area contributed by atoms with Crippen LogP contribution < -0.4 is 5.32 Å². The standard InChI is InChI=1S/C9H15NO3/c1-13-9(12)7-4-5-10-8(7)3-2-6-11/h4,8,10-11H,2-3,5-6H2,1H3/t8-/m0/s1. The van der Waals surface area contributed by atoms with Crippen molar-refractivity contribution in [3.63, 3.8) is 0 Å². The Morgan fingerprint density at radius 2 is 2.62 bits per heavy atom. The van der Waals surface area contributed by atoms with Crippen molar-refractivity contribution in [3.05, 3.63) is 11.6 Å². The monoisotopic (exact) mass is 185 g/mol. The van der Waals surface area contributed by atoms with Gasteiger partial charge in [-0.25, -0.2) is 4.79 Å². The largest absolute Gasteiger partial charge is 0.466 e. The maximum Gasteiger partial charge on any atom is 0.335 e. The molecule has 0 amide bonds. The Morgan fingerprint density at radius 3 is 3.23 bits per heavy atom. The van der Waals surface area contributed by atoms with Crippen molar-refractivity contribution in [2.75, 3.05) is 20.3 Å². The molecule has 4 heteroatoms. The summed E-state index contributed by atoms with van der Waals surface area (Å²) in [5.41, 5.74) is 0.691. The van der Waals surface area contributed by atoms with Crippen LogP contribution in [0.5, 0.6) is 0 Å². The molecule has 0 saturated heterocycles. The second-order valence-electron chi connectivity index (χ2n) is 2.98. The maximum atomic E-state index is 11.2. The summed E-state index contributed by atoms with van der Waals surface area (Å²) < 4.78 is 4.63. The lowest BCUT2D eigenvalue weighted by molar-refractivity contribution is -0.136. The van der Waals surface area contributed by atoms with Gasteiger partial charge in [0.2, 0.25) is 0 Å². The van der Waals surface area contributed by atoms with Gasteiger partial charge in [0.1, 0.15) is 0 Å². The van der Waals surface area contributed by atoms with Gasteiger partial charge in [-0.05, 0) is 12.8 Å². The zero-order valence-electron chi connectivity index (χ0n) is 7.75. The minimum absolute atomic E-state index is 0.0552. The molecule has 0 fully saturated rings. The highest BCUT2D eigenvalue weighted by Gasteiger charge is 2.24. The summed E-state index contributed by atoms with van der Waals surface area (Å²) in [6, 6.07) is 0.0552. The van der Waals surface area contributed by atoms with Crippen molar-refractivity contribution in [3.8, 4) is 0 Å². The van der Waals surface area contributed by atoms with E-state index < -0.39 is 0 Å². The Hall–Kier alpha value is -0.870. The van der Waals surface area contributed by atoms with E-state index in [-0.39, 0.29) is 18.6 Å². The lowest BCUT2D eigenvalue weighted by atomic mass is 10.1. The fourth-order valence-electron chi connectivity index (χ4n) is 1.46. The highest BCUT2D eigenvalue weighted by Crippen LogP contribution is 2.14. The first kappa shape index (κ1) is 10.2. The third-order valence-electron chi connectivity index (χ3n) is 2.13. The summed E-state index contributed by atoms with van der Waals surface area (Å²) in [5.74, 6) is -0.270.